The first kappa shape index (κ1) is 14.7. The summed E-state index contributed by atoms with van der Waals surface area (Å²) < 4.78 is 8.31. The predicted octanol–water partition coefficient (Wildman–Crippen LogP) is 3.56. The molecular weight excluding hydrogens is 374 g/mol. The van der Waals surface area contributed by atoms with Gasteiger partial charge in [0, 0.05) is 23.7 Å². The van der Waals surface area contributed by atoms with E-state index in [1.165, 1.54) is 5.56 Å². The van der Waals surface area contributed by atoms with E-state index < -0.39 is 0 Å². The molecule has 0 saturated heterocycles. The van der Waals surface area contributed by atoms with Crippen molar-refractivity contribution in [2.45, 2.75) is 18.8 Å². The maximum absolute atomic E-state index is 5.16. The van der Waals surface area contributed by atoms with Gasteiger partial charge in [0.2, 0.25) is 0 Å². The van der Waals surface area contributed by atoms with E-state index in [0.717, 1.165) is 28.2 Å². The van der Waals surface area contributed by atoms with Gasteiger partial charge in [-0.05, 0) is 30.7 Å². The van der Waals surface area contributed by atoms with Gasteiger partial charge in [0.15, 0.2) is 5.82 Å². The highest BCUT2D eigenvalue weighted by Crippen LogP contribution is 2.25. The number of aromatic nitrogens is 3. The molecule has 0 aliphatic rings. The van der Waals surface area contributed by atoms with Crippen molar-refractivity contribution in [2.24, 2.45) is 0 Å². The molecule has 1 aromatic carbocycles. The highest BCUT2D eigenvalue weighted by Gasteiger charge is 2.14. The van der Waals surface area contributed by atoms with E-state index in [-0.39, 0.29) is 0 Å². The van der Waals surface area contributed by atoms with E-state index in [9.17, 15) is 0 Å². The normalized spacial score (nSPS) is 10.9. The number of halogens is 2. The average Bonchev–Trinajstić information content (AvgIpc) is 2.79. The van der Waals surface area contributed by atoms with Crippen LogP contribution < -0.4 is 0 Å². The van der Waals surface area contributed by atoms with Gasteiger partial charge in [-0.1, -0.05) is 31.9 Å². The zero-order chi connectivity index (χ0) is 13.8. The summed E-state index contributed by atoms with van der Waals surface area (Å²) in [5, 5.41) is 9.22. The Labute approximate surface area is 129 Å². The zero-order valence-electron chi connectivity index (χ0n) is 10.9. The average molecular weight is 389 g/mol. The van der Waals surface area contributed by atoms with Gasteiger partial charge in [0.1, 0.15) is 5.82 Å². The third kappa shape index (κ3) is 3.24. The van der Waals surface area contributed by atoms with Crippen LogP contribution in [0.2, 0.25) is 0 Å². The second-order valence-electron chi connectivity index (χ2n) is 4.18. The number of benzene rings is 1. The molecule has 1 heterocycles. The molecule has 0 N–H and O–H groups in total. The van der Waals surface area contributed by atoms with Crippen LogP contribution in [0.1, 0.15) is 11.4 Å². The number of aryl methyl sites for hydroxylation is 1. The maximum Gasteiger partial charge on any atom is 0.164 e. The molecule has 4 nitrogen and oxygen atoms in total. The number of hydrogen-bond donors (Lipinski definition) is 0. The molecule has 1 aromatic heterocycles. The first-order valence-corrected chi connectivity index (χ1v) is 7.82. The molecule has 6 heteroatoms. The van der Waals surface area contributed by atoms with Crippen molar-refractivity contribution in [1.29, 1.82) is 0 Å². The van der Waals surface area contributed by atoms with E-state index in [4.69, 9.17) is 4.74 Å². The van der Waals surface area contributed by atoms with Crippen LogP contribution in [0.5, 0.6) is 0 Å². The molecule has 19 heavy (non-hydrogen) atoms. The third-order valence-electron chi connectivity index (χ3n) is 2.90. The fourth-order valence-corrected chi connectivity index (χ4v) is 2.82. The molecule has 2 rings (SSSR count). The predicted molar refractivity (Wildman–Crippen MR) is 82.4 cm³/mol. The molecule has 0 aliphatic carbocycles. The molecule has 0 saturated carbocycles. The molecule has 0 fully saturated rings. The van der Waals surface area contributed by atoms with Crippen molar-refractivity contribution in [3.05, 3.63) is 34.1 Å². The summed E-state index contributed by atoms with van der Waals surface area (Å²) >= 11 is 6.92. The minimum absolute atomic E-state index is 0.639. The summed E-state index contributed by atoms with van der Waals surface area (Å²) in [6.45, 7) is 3.46. The summed E-state index contributed by atoms with van der Waals surface area (Å²) in [5.41, 5.74) is 2.26. The lowest BCUT2D eigenvalue weighted by atomic mass is 10.1. The highest BCUT2D eigenvalue weighted by molar-refractivity contribution is 9.10. The quantitative estimate of drug-likeness (QED) is 0.735. The molecule has 0 spiro atoms. The largest absolute Gasteiger partial charge is 0.383 e. The Kier molecular flexibility index (Phi) is 5.13. The van der Waals surface area contributed by atoms with Gasteiger partial charge < -0.3 is 9.30 Å². The molecule has 0 unspecified atom stereocenters. The fraction of sp³-hybridized carbons (Fsp3) is 0.385. The minimum Gasteiger partial charge on any atom is -0.383 e. The Morgan fingerprint density at radius 2 is 2.11 bits per heavy atom. The van der Waals surface area contributed by atoms with Crippen LogP contribution in [0.4, 0.5) is 0 Å². The number of nitrogens with zero attached hydrogens (tertiary/aromatic N) is 3. The van der Waals surface area contributed by atoms with Crippen LogP contribution in [-0.4, -0.2) is 28.5 Å². The topological polar surface area (TPSA) is 39.9 Å². The van der Waals surface area contributed by atoms with Crippen LogP contribution in [0, 0.1) is 6.92 Å². The van der Waals surface area contributed by atoms with Crippen molar-refractivity contribution in [3.63, 3.8) is 0 Å². The second-order valence-corrected chi connectivity index (χ2v) is 5.65. The van der Waals surface area contributed by atoms with Crippen molar-refractivity contribution in [2.75, 3.05) is 13.7 Å². The van der Waals surface area contributed by atoms with Crippen molar-refractivity contribution < 1.29 is 4.74 Å². The van der Waals surface area contributed by atoms with Gasteiger partial charge in [0.05, 0.1) is 11.9 Å². The molecule has 0 aliphatic heterocycles. The van der Waals surface area contributed by atoms with Crippen LogP contribution >= 0.6 is 31.9 Å². The van der Waals surface area contributed by atoms with Crippen LogP contribution in [0.3, 0.4) is 0 Å². The molecule has 0 bridgehead atoms. The molecule has 0 atom stereocenters. The number of alkyl halides is 1. The highest BCUT2D eigenvalue weighted by atomic mass is 79.9. The molecule has 0 radical (unpaired) electrons. The Hall–Kier alpha value is -0.720. The molecular formula is C13H15Br2N3O. The van der Waals surface area contributed by atoms with E-state index >= 15 is 0 Å². The van der Waals surface area contributed by atoms with Gasteiger partial charge in [-0.25, -0.2) is 0 Å². The van der Waals surface area contributed by atoms with Crippen LogP contribution in [0.25, 0.3) is 11.4 Å². The third-order valence-corrected chi connectivity index (χ3v) is 3.89. The Morgan fingerprint density at radius 1 is 1.32 bits per heavy atom. The fourth-order valence-electron chi connectivity index (χ4n) is 1.93. The lowest BCUT2D eigenvalue weighted by molar-refractivity contribution is 0.187. The lowest BCUT2D eigenvalue weighted by Crippen LogP contribution is -2.09. The van der Waals surface area contributed by atoms with Gasteiger partial charge in [-0.15, -0.1) is 10.2 Å². The molecule has 0 amide bonds. The van der Waals surface area contributed by atoms with Gasteiger partial charge in [-0.3, -0.25) is 0 Å². The summed E-state index contributed by atoms with van der Waals surface area (Å²) in [7, 11) is 1.70. The molecule has 102 valence electrons. The number of methoxy groups -OCH3 is 1. The van der Waals surface area contributed by atoms with E-state index in [0.29, 0.717) is 11.9 Å². The summed E-state index contributed by atoms with van der Waals surface area (Å²) in [6, 6.07) is 6.16. The van der Waals surface area contributed by atoms with Crippen molar-refractivity contribution in [1.82, 2.24) is 14.8 Å². The summed E-state index contributed by atoms with van der Waals surface area (Å²) in [5.74, 6) is 1.80. The Bertz CT molecular complexity index is 569. The smallest absolute Gasteiger partial charge is 0.164 e. The number of rotatable bonds is 5. The van der Waals surface area contributed by atoms with Gasteiger partial charge >= 0.3 is 0 Å². The first-order valence-electron chi connectivity index (χ1n) is 5.91. The van der Waals surface area contributed by atoms with Crippen LogP contribution in [0.15, 0.2) is 22.7 Å². The minimum atomic E-state index is 0.639. The Morgan fingerprint density at radius 3 is 2.74 bits per heavy atom. The summed E-state index contributed by atoms with van der Waals surface area (Å²) in [4.78, 5) is 0. The lowest BCUT2D eigenvalue weighted by Gasteiger charge is -2.10. The van der Waals surface area contributed by atoms with E-state index in [1.807, 2.05) is 6.07 Å². The SMILES string of the molecule is COCCn1c(CBr)nnc1-c1ccc(Br)cc1C. The van der Waals surface area contributed by atoms with Gasteiger partial charge in [0.25, 0.3) is 0 Å². The Balaban J connectivity index is 2.46. The van der Waals surface area contributed by atoms with Gasteiger partial charge in [-0.2, -0.15) is 0 Å². The van der Waals surface area contributed by atoms with Crippen molar-refractivity contribution >= 4 is 31.9 Å². The monoisotopic (exact) mass is 387 g/mol. The van der Waals surface area contributed by atoms with Crippen molar-refractivity contribution in [3.8, 4) is 11.4 Å². The standard InChI is InChI=1S/C13H15Br2N3O/c1-9-7-10(15)3-4-11(9)13-17-16-12(8-14)18(13)5-6-19-2/h3-4,7H,5-6,8H2,1-2H3. The zero-order valence-corrected chi connectivity index (χ0v) is 14.0. The molecule has 2 aromatic rings. The first-order chi connectivity index (χ1) is 9.17. The number of ether oxygens (including phenoxy) is 1. The number of hydrogen-bond acceptors (Lipinski definition) is 3. The van der Waals surface area contributed by atoms with Crippen LogP contribution in [-0.2, 0) is 16.6 Å². The summed E-state index contributed by atoms with van der Waals surface area (Å²) in [6.07, 6.45) is 0. The maximum atomic E-state index is 5.16. The van der Waals surface area contributed by atoms with E-state index in [2.05, 4.69) is 65.7 Å². The second kappa shape index (κ2) is 6.63. The van der Waals surface area contributed by atoms with E-state index in [1.54, 1.807) is 7.11 Å².